The summed E-state index contributed by atoms with van der Waals surface area (Å²) >= 11 is 3.04. The molecular formula is C18H16N4OS2. The third-order valence-electron chi connectivity index (χ3n) is 4.02. The number of aromatic nitrogens is 3. The summed E-state index contributed by atoms with van der Waals surface area (Å²) in [5.41, 5.74) is 1.96. The lowest BCUT2D eigenvalue weighted by molar-refractivity contribution is -0.117. The minimum atomic E-state index is -0.267. The van der Waals surface area contributed by atoms with Gasteiger partial charge in [-0.1, -0.05) is 53.4 Å². The molecule has 4 rings (SSSR count). The lowest BCUT2D eigenvalue weighted by Gasteiger charge is -2.20. The van der Waals surface area contributed by atoms with Gasteiger partial charge in [-0.2, -0.15) is 0 Å². The zero-order valence-electron chi connectivity index (χ0n) is 13.8. The highest BCUT2D eigenvalue weighted by molar-refractivity contribution is 8.00. The molecule has 126 valence electrons. The Kier molecular flexibility index (Phi) is 4.19. The molecule has 0 spiro atoms. The van der Waals surface area contributed by atoms with Gasteiger partial charge in [0.05, 0.1) is 15.5 Å². The van der Waals surface area contributed by atoms with Gasteiger partial charge in [0.2, 0.25) is 10.9 Å². The zero-order chi connectivity index (χ0) is 17.4. The van der Waals surface area contributed by atoms with Crippen molar-refractivity contribution >= 4 is 49.9 Å². The number of anilines is 1. The summed E-state index contributed by atoms with van der Waals surface area (Å²) in [5, 5.41) is 9.01. The highest BCUT2D eigenvalue weighted by Gasteiger charge is 2.23. The Balaban J connectivity index is 1.61. The van der Waals surface area contributed by atoms with Gasteiger partial charge < -0.3 is 4.90 Å². The molecule has 0 aliphatic heterocycles. The predicted molar refractivity (Wildman–Crippen MR) is 104 cm³/mol. The van der Waals surface area contributed by atoms with Crippen molar-refractivity contribution in [3.8, 4) is 0 Å². The Morgan fingerprint density at radius 1 is 1.12 bits per heavy atom. The largest absolute Gasteiger partial charge is 0.315 e. The minimum Gasteiger partial charge on any atom is -0.315 e. The second-order valence-electron chi connectivity index (χ2n) is 5.66. The maximum atomic E-state index is 12.8. The van der Waals surface area contributed by atoms with Crippen molar-refractivity contribution in [2.75, 3.05) is 11.9 Å². The molecule has 0 radical (unpaired) electrons. The maximum Gasteiger partial charge on any atom is 0.240 e. The quantitative estimate of drug-likeness (QED) is 0.509. The number of rotatable bonds is 4. The summed E-state index contributed by atoms with van der Waals surface area (Å²) in [4.78, 5) is 15.3. The molecule has 0 saturated carbocycles. The van der Waals surface area contributed by atoms with Crippen LogP contribution in [-0.4, -0.2) is 32.8 Å². The number of carbonyl (C=O) groups excluding carboxylic acids is 1. The first-order valence-electron chi connectivity index (χ1n) is 7.87. The van der Waals surface area contributed by atoms with Gasteiger partial charge in [-0.15, -0.1) is 10.2 Å². The molecule has 7 heteroatoms. The molecule has 0 N–H and O–H groups in total. The van der Waals surface area contributed by atoms with Gasteiger partial charge in [-0.05, 0) is 31.2 Å². The second kappa shape index (κ2) is 6.50. The van der Waals surface area contributed by atoms with Gasteiger partial charge >= 0.3 is 0 Å². The molecule has 1 unspecified atom stereocenters. The third-order valence-corrected chi connectivity index (χ3v) is 6.06. The summed E-state index contributed by atoms with van der Waals surface area (Å²) in [6, 6.07) is 17.8. The van der Waals surface area contributed by atoms with E-state index in [0.717, 1.165) is 26.0 Å². The molecule has 0 saturated heterocycles. The molecule has 0 bridgehead atoms. The van der Waals surface area contributed by atoms with Crippen LogP contribution in [0.25, 0.3) is 15.2 Å². The smallest absolute Gasteiger partial charge is 0.240 e. The normalized spacial score (nSPS) is 12.6. The summed E-state index contributed by atoms with van der Waals surface area (Å²) in [7, 11) is 1.80. The van der Waals surface area contributed by atoms with E-state index >= 15 is 0 Å². The van der Waals surface area contributed by atoms with Crippen LogP contribution in [-0.2, 0) is 4.79 Å². The van der Waals surface area contributed by atoms with E-state index in [1.807, 2.05) is 53.8 Å². The summed E-state index contributed by atoms with van der Waals surface area (Å²) < 4.78 is 3.19. The van der Waals surface area contributed by atoms with E-state index in [1.54, 1.807) is 23.3 Å². The molecule has 25 heavy (non-hydrogen) atoms. The number of hydrogen-bond donors (Lipinski definition) is 0. The minimum absolute atomic E-state index is 0.0347. The molecule has 1 amide bonds. The third kappa shape index (κ3) is 2.89. The lowest BCUT2D eigenvalue weighted by Crippen LogP contribution is -2.33. The van der Waals surface area contributed by atoms with Crippen LogP contribution in [0.4, 0.5) is 5.69 Å². The fourth-order valence-electron chi connectivity index (χ4n) is 2.69. The van der Waals surface area contributed by atoms with Gasteiger partial charge in [0.15, 0.2) is 5.16 Å². The first kappa shape index (κ1) is 16.1. The molecule has 2 aromatic carbocycles. The van der Waals surface area contributed by atoms with E-state index in [9.17, 15) is 4.79 Å². The van der Waals surface area contributed by atoms with E-state index in [2.05, 4.69) is 22.3 Å². The van der Waals surface area contributed by atoms with Crippen LogP contribution in [0.3, 0.4) is 0 Å². The number of para-hydroxylation sites is 2. The average molecular weight is 368 g/mol. The first-order chi connectivity index (χ1) is 12.1. The lowest BCUT2D eigenvalue weighted by atomic mass is 10.3. The molecule has 0 aliphatic carbocycles. The number of thioether (sulfide) groups is 1. The fourth-order valence-corrected chi connectivity index (χ4v) is 4.67. The molecule has 5 nitrogen and oxygen atoms in total. The molecule has 4 aromatic rings. The predicted octanol–water partition coefficient (Wildman–Crippen LogP) is 4.09. The number of nitrogens with zero attached hydrogens (tertiary/aromatic N) is 4. The number of carbonyl (C=O) groups is 1. The van der Waals surface area contributed by atoms with Crippen LogP contribution in [0.1, 0.15) is 6.92 Å². The monoisotopic (exact) mass is 368 g/mol. The van der Waals surface area contributed by atoms with Gasteiger partial charge in [0.25, 0.3) is 0 Å². The summed E-state index contributed by atoms with van der Waals surface area (Å²) in [6.45, 7) is 1.90. The zero-order valence-corrected chi connectivity index (χ0v) is 15.4. The van der Waals surface area contributed by atoms with Gasteiger partial charge in [-0.3, -0.25) is 9.20 Å². The van der Waals surface area contributed by atoms with Crippen molar-refractivity contribution in [3.05, 3.63) is 54.6 Å². The van der Waals surface area contributed by atoms with Crippen LogP contribution in [0.15, 0.2) is 59.8 Å². The van der Waals surface area contributed by atoms with Crippen molar-refractivity contribution in [1.29, 1.82) is 0 Å². The highest BCUT2D eigenvalue weighted by Crippen LogP contribution is 2.31. The number of hydrogen-bond acceptors (Lipinski definition) is 5. The summed E-state index contributed by atoms with van der Waals surface area (Å²) in [5.74, 6) is 0.0347. The van der Waals surface area contributed by atoms with Crippen LogP contribution in [0, 0.1) is 0 Å². The second-order valence-corrected chi connectivity index (χ2v) is 7.98. The summed E-state index contributed by atoms with van der Waals surface area (Å²) in [6.07, 6.45) is 0. The number of fused-ring (bicyclic) bond motifs is 3. The number of thiazole rings is 1. The molecule has 0 aliphatic rings. The average Bonchev–Trinajstić information content (AvgIpc) is 3.21. The standard InChI is InChI=1S/C18H16N4OS2/c1-12(16(23)21(2)13-8-4-3-5-9-13)24-17-19-20-18-22(17)14-10-6-7-11-15(14)25-18/h3-12H,1-2H3. The van der Waals surface area contributed by atoms with E-state index in [-0.39, 0.29) is 11.2 Å². The first-order valence-corrected chi connectivity index (χ1v) is 9.56. The van der Waals surface area contributed by atoms with E-state index in [4.69, 9.17) is 0 Å². The Labute approximate surface area is 153 Å². The van der Waals surface area contributed by atoms with Crippen molar-refractivity contribution in [2.45, 2.75) is 17.3 Å². The van der Waals surface area contributed by atoms with Crippen molar-refractivity contribution < 1.29 is 4.79 Å². The SMILES string of the molecule is CC(Sc1nnc2sc3ccccc3n12)C(=O)N(C)c1ccccc1. The van der Waals surface area contributed by atoms with Gasteiger partial charge in [0.1, 0.15) is 0 Å². The van der Waals surface area contributed by atoms with Crippen LogP contribution >= 0.6 is 23.1 Å². The molecule has 1 atom stereocenters. The Hall–Kier alpha value is -2.38. The molecular weight excluding hydrogens is 352 g/mol. The van der Waals surface area contributed by atoms with E-state index in [0.29, 0.717) is 0 Å². The van der Waals surface area contributed by atoms with Crippen LogP contribution in [0.5, 0.6) is 0 Å². The van der Waals surface area contributed by atoms with E-state index in [1.165, 1.54) is 11.8 Å². The maximum absolute atomic E-state index is 12.8. The fraction of sp³-hybridized carbons (Fsp3) is 0.167. The van der Waals surface area contributed by atoms with Gasteiger partial charge in [-0.25, -0.2) is 0 Å². The molecule has 2 aromatic heterocycles. The highest BCUT2D eigenvalue weighted by atomic mass is 32.2. The number of amides is 1. The molecule has 2 heterocycles. The molecule has 0 fully saturated rings. The Morgan fingerprint density at radius 2 is 1.84 bits per heavy atom. The van der Waals surface area contributed by atoms with Crippen molar-refractivity contribution in [2.24, 2.45) is 0 Å². The van der Waals surface area contributed by atoms with Crippen molar-refractivity contribution in [1.82, 2.24) is 14.6 Å². The van der Waals surface area contributed by atoms with Crippen molar-refractivity contribution in [3.63, 3.8) is 0 Å². The van der Waals surface area contributed by atoms with Crippen LogP contribution in [0.2, 0.25) is 0 Å². The number of benzene rings is 2. The topological polar surface area (TPSA) is 50.5 Å². The Bertz CT molecular complexity index is 1040. The van der Waals surface area contributed by atoms with E-state index < -0.39 is 0 Å². The van der Waals surface area contributed by atoms with Gasteiger partial charge in [0, 0.05) is 12.7 Å². The van der Waals surface area contributed by atoms with Crippen LogP contribution < -0.4 is 4.90 Å². The Morgan fingerprint density at radius 3 is 2.64 bits per heavy atom.